The number of esters is 1. The predicted octanol–water partition coefficient (Wildman–Crippen LogP) is 4.40. The Bertz CT molecular complexity index is 855. The molecule has 1 unspecified atom stereocenters. The number of carbonyl (C=O) groups is 3. The maximum atomic E-state index is 12.1. The Hall–Kier alpha value is -2.56. The van der Waals surface area contributed by atoms with Crippen LogP contribution in [0.3, 0.4) is 0 Å². The molecule has 0 amide bonds. The van der Waals surface area contributed by atoms with Crippen molar-refractivity contribution in [2.75, 3.05) is 24.6 Å². The molecular weight excluding hydrogens is 508 g/mol. The second-order valence-electron chi connectivity index (χ2n) is 9.55. The SMILES string of the molecule is C=C(O)CSCC(NCCCCC)C(=O)O.NC[C@H]1CC[C@H](C(=O)Oc2ccc(CCC(=O)O)cc2)CC1. The van der Waals surface area contributed by atoms with Crippen molar-refractivity contribution >= 4 is 29.7 Å². The molecule has 1 aromatic carbocycles. The zero-order valence-corrected chi connectivity index (χ0v) is 23.2. The molecule has 2 rings (SSSR count). The lowest BCUT2D eigenvalue weighted by Crippen LogP contribution is -2.39. The zero-order chi connectivity index (χ0) is 28.3. The summed E-state index contributed by atoms with van der Waals surface area (Å²) in [4.78, 5) is 33.5. The van der Waals surface area contributed by atoms with Crippen LogP contribution in [0.5, 0.6) is 5.75 Å². The van der Waals surface area contributed by atoms with Crippen LogP contribution in [0.25, 0.3) is 0 Å². The van der Waals surface area contributed by atoms with Gasteiger partial charge in [-0.3, -0.25) is 14.4 Å². The van der Waals surface area contributed by atoms with Gasteiger partial charge in [0.1, 0.15) is 11.8 Å². The largest absolute Gasteiger partial charge is 0.512 e. The minimum Gasteiger partial charge on any atom is -0.512 e. The van der Waals surface area contributed by atoms with Crippen molar-refractivity contribution in [2.24, 2.45) is 17.6 Å². The molecule has 10 heteroatoms. The fourth-order valence-electron chi connectivity index (χ4n) is 3.97. The van der Waals surface area contributed by atoms with Gasteiger partial charge in [0, 0.05) is 12.2 Å². The Labute approximate surface area is 230 Å². The summed E-state index contributed by atoms with van der Waals surface area (Å²) in [6.07, 6.45) is 7.48. The number of carboxylic acid groups (broad SMARTS) is 2. The Balaban J connectivity index is 0.000000403. The van der Waals surface area contributed by atoms with E-state index in [-0.39, 0.29) is 24.1 Å². The van der Waals surface area contributed by atoms with Gasteiger partial charge in [0.2, 0.25) is 0 Å². The van der Waals surface area contributed by atoms with E-state index >= 15 is 0 Å². The molecule has 0 radical (unpaired) electrons. The first-order valence-corrected chi connectivity index (χ1v) is 14.4. The van der Waals surface area contributed by atoms with Gasteiger partial charge in [-0.2, -0.15) is 11.8 Å². The summed E-state index contributed by atoms with van der Waals surface area (Å²) in [5.74, 6) is 0.114. The highest BCUT2D eigenvalue weighted by Crippen LogP contribution is 2.29. The minimum atomic E-state index is -0.840. The normalized spacial score (nSPS) is 17.5. The maximum absolute atomic E-state index is 12.1. The molecule has 1 aromatic rings. The fraction of sp³-hybridized carbons (Fsp3) is 0.607. The van der Waals surface area contributed by atoms with Gasteiger partial charge in [-0.15, -0.1) is 0 Å². The predicted molar refractivity (Wildman–Crippen MR) is 151 cm³/mol. The molecule has 0 aromatic heterocycles. The molecule has 0 bridgehead atoms. The van der Waals surface area contributed by atoms with Crippen molar-refractivity contribution in [3.05, 3.63) is 42.2 Å². The van der Waals surface area contributed by atoms with Gasteiger partial charge < -0.3 is 31.1 Å². The standard InChI is InChI=1S/C17H23NO4.C11H21NO3S/c18-11-13-1-6-14(7-2-13)17(21)22-15-8-3-12(4-9-15)5-10-16(19)20;1-3-4-5-6-12-10(11(14)15)8-16-7-9(2)13/h3-4,8-9,13-14H,1-2,5-7,10-11,18H2,(H,19,20);10,12-13H,2-8H2,1H3,(H,14,15)/t13-,14-;. The number of carboxylic acids is 2. The lowest BCUT2D eigenvalue weighted by molar-refractivity contribution is -0.140. The van der Waals surface area contributed by atoms with Crippen molar-refractivity contribution in [1.29, 1.82) is 0 Å². The van der Waals surface area contributed by atoms with E-state index in [1.807, 2.05) is 0 Å². The summed E-state index contributed by atoms with van der Waals surface area (Å²) in [5, 5.41) is 29.4. The second kappa shape index (κ2) is 19.5. The molecule has 6 N–H and O–H groups in total. The lowest BCUT2D eigenvalue weighted by atomic mass is 9.82. The van der Waals surface area contributed by atoms with E-state index in [2.05, 4.69) is 18.8 Å². The van der Waals surface area contributed by atoms with Gasteiger partial charge in [-0.1, -0.05) is 38.5 Å². The number of aryl methyl sites for hydroxylation is 1. The Kier molecular flexibility index (Phi) is 17.2. The molecule has 1 fully saturated rings. The van der Waals surface area contributed by atoms with Gasteiger partial charge in [0.05, 0.1) is 17.4 Å². The molecule has 9 nitrogen and oxygen atoms in total. The summed E-state index contributed by atoms with van der Waals surface area (Å²) < 4.78 is 5.42. The van der Waals surface area contributed by atoms with E-state index in [4.69, 9.17) is 25.8 Å². The van der Waals surface area contributed by atoms with Gasteiger partial charge >= 0.3 is 17.9 Å². The number of unbranched alkanes of at least 4 members (excludes halogenated alkanes) is 2. The third-order valence-corrected chi connectivity index (χ3v) is 7.41. The number of hydrogen-bond donors (Lipinski definition) is 5. The van der Waals surface area contributed by atoms with E-state index in [1.54, 1.807) is 24.3 Å². The van der Waals surface area contributed by atoms with Gasteiger partial charge in [-0.25, -0.2) is 0 Å². The summed E-state index contributed by atoms with van der Waals surface area (Å²) in [6.45, 7) is 6.88. The van der Waals surface area contributed by atoms with E-state index in [0.29, 0.717) is 36.1 Å². The smallest absolute Gasteiger partial charge is 0.321 e. The fourth-order valence-corrected chi connectivity index (χ4v) is 4.82. The van der Waals surface area contributed by atoms with E-state index in [0.717, 1.165) is 57.1 Å². The van der Waals surface area contributed by atoms with Crippen LogP contribution in [-0.4, -0.2) is 63.9 Å². The van der Waals surface area contributed by atoms with Crippen LogP contribution >= 0.6 is 11.8 Å². The number of rotatable bonds is 16. The molecule has 0 aliphatic heterocycles. The summed E-state index contributed by atoms with van der Waals surface area (Å²) in [5.41, 5.74) is 6.57. The third-order valence-electron chi connectivity index (χ3n) is 6.31. The first-order valence-electron chi connectivity index (χ1n) is 13.3. The molecular formula is C28H44N2O7S. The van der Waals surface area contributed by atoms with Crippen LogP contribution < -0.4 is 15.8 Å². The molecule has 0 saturated heterocycles. The maximum Gasteiger partial charge on any atom is 0.321 e. The number of aliphatic hydroxyl groups excluding tert-OH is 1. The number of aliphatic carboxylic acids is 2. The third kappa shape index (κ3) is 15.0. The molecule has 1 aliphatic carbocycles. The quantitative estimate of drug-likeness (QED) is 0.0861. The monoisotopic (exact) mass is 552 g/mol. The zero-order valence-electron chi connectivity index (χ0n) is 22.4. The number of aliphatic hydroxyl groups is 1. The lowest BCUT2D eigenvalue weighted by Gasteiger charge is -2.26. The van der Waals surface area contributed by atoms with Gasteiger partial charge in [0.25, 0.3) is 0 Å². The first kappa shape index (κ1) is 33.5. The molecule has 214 valence electrons. The molecule has 0 heterocycles. The van der Waals surface area contributed by atoms with Crippen LogP contribution in [0.2, 0.25) is 0 Å². The van der Waals surface area contributed by atoms with Crippen molar-refractivity contribution in [3.63, 3.8) is 0 Å². The number of nitrogens with two attached hydrogens (primary N) is 1. The highest BCUT2D eigenvalue weighted by Gasteiger charge is 2.27. The number of thioether (sulfide) groups is 1. The van der Waals surface area contributed by atoms with Crippen molar-refractivity contribution in [2.45, 2.75) is 70.8 Å². The van der Waals surface area contributed by atoms with Crippen molar-refractivity contribution < 1.29 is 34.4 Å². The van der Waals surface area contributed by atoms with E-state index in [1.165, 1.54) is 11.8 Å². The first-order chi connectivity index (χ1) is 18.2. The van der Waals surface area contributed by atoms with Crippen LogP contribution in [0.4, 0.5) is 0 Å². The minimum absolute atomic E-state index is 0.0329. The summed E-state index contributed by atoms with van der Waals surface area (Å²) >= 11 is 1.37. The Morgan fingerprint density at radius 1 is 1.11 bits per heavy atom. The van der Waals surface area contributed by atoms with E-state index in [9.17, 15) is 14.4 Å². The van der Waals surface area contributed by atoms with Crippen LogP contribution in [-0.2, 0) is 20.8 Å². The number of ether oxygens (including phenoxy) is 1. The topological polar surface area (TPSA) is 159 Å². The average molecular weight is 553 g/mol. The molecule has 1 saturated carbocycles. The Morgan fingerprint density at radius 2 is 1.76 bits per heavy atom. The van der Waals surface area contributed by atoms with Gasteiger partial charge in [-0.05, 0) is 75.2 Å². The second-order valence-corrected chi connectivity index (χ2v) is 10.6. The average Bonchev–Trinajstić information content (AvgIpc) is 2.89. The molecule has 1 atom stereocenters. The van der Waals surface area contributed by atoms with Gasteiger partial charge in [0.15, 0.2) is 0 Å². The van der Waals surface area contributed by atoms with Crippen molar-refractivity contribution in [3.8, 4) is 5.75 Å². The van der Waals surface area contributed by atoms with E-state index < -0.39 is 18.0 Å². The van der Waals surface area contributed by atoms with Crippen LogP contribution in [0.15, 0.2) is 36.6 Å². The molecule has 0 spiro atoms. The highest BCUT2D eigenvalue weighted by atomic mass is 32.2. The Morgan fingerprint density at radius 3 is 2.29 bits per heavy atom. The van der Waals surface area contributed by atoms with Crippen LogP contribution in [0, 0.1) is 11.8 Å². The number of nitrogens with one attached hydrogen (secondary N) is 1. The number of carbonyl (C=O) groups excluding carboxylic acids is 1. The summed E-state index contributed by atoms with van der Waals surface area (Å²) in [7, 11) is 0. The highest BCUT2D eigenvalue weighted by molar-refractivity contribution is 7.99. The molecule has 1 aliphatic rings. The molecule has 38 heavy (non-hydrogen) atoms. The number of benzene rings is 1. The summed E-state index contributed by atoms with van der Waals surface area (Å²) in [6, 6.07) is 6.51. The number of hydrogen-bond acceptors (Lipinski definition) is 8. The van der Waals surface area contributed by atoms with Crippen molar-refractivity contribution in [1.82, 2.24) is 5.32 Å². The van der Waals surface area contributed by atoms with Crippen LogP contribution in [0.1, 0.15) is 63.9 Å².